The summed E-state index contributed by atoms with van der Waals surface area (Å²) in [6.07, 6.45) is 0. The Morgan fingerprint density at radius 3 is 2.81 bits per heavy atom. The molecule has 1 aromatic heterocycles. The summed E-state index contributed by atoms with van der Waals surface area (Å²) in [6.45, 7) is 9.29. The predicted octanol–water partition coefficient (Wildman–Crippen LogP) is 4.99. The molecule has 1 heterocycles. The molecule has 2 rings (SSSR count). The summed E-state index contributed by atoms with van der Waals surface area (Å²) in [7, 11) is 0. The molecule has 1 aromatic carbocycles. The second-order valence-electron chi connectivity index (χ2n) is 5.56. The van der Waals surface area contributed by atoms with Gasteiger partial charge in [-0.05, 0) is 66.2 Å². The van der Waals surface area contributed by atoms with Crippen molar-refractivity contribution in [2.24, 2.45) is 5.92 Å². The molecule has 2 nitrogen and oxygen atoms in total. The largest absolute Gasteiger partial charge is 0.489 e. The summed E-state index contributed by atoms with van der Waals surface area (Å²) in [5.74, 6) is 1.63. The minimum Gasteiger partial charge on any atom is -0.489 e. The normalized spacial score (nSPS) is 11.1. The number of nitrogens with one attached hydrogen (secondary N) is 1. The lowest BCUT2D eigenvalue weighted by molar-refractivity contribution is 0.306. The molecule has 2 aromatic rings. The zero-order chi connectivity index (χ0) is 15.2. The maximum absolute atomic E-state index is 5.89. The van der Waals surface area contributed by atoms with Crippen LogP contribution in [0.3, 0.4) is 0 Å². The number of ether oxygens (including phenoxy) is 1. The Morgan fingerprint density at radius 1 is 1.29 bits per heavy atom. The van der Waals surface area contributed by atoms with E-state index in [1.807, 2.05) is 23.5 Å². The molecule has 0 saturated carbocycles. The fourth-order valence-corrected chi connectivity index (χ4v) is 3.55. The van der Waals surface area contributed by atoms with E-state index in [2.05, 4.69) is 66.9 Å². The minimum absolute atomic E-state index is 0.645. The molecule has 0 bridgehead atoms. The lowest BCUT2D eigenvalue weighted by Crippen LogP contribution is -2.18. The van der Waals surface area contributed by atoms with Crippen molar-refractivity contribution < 1.29 is 4.74 Å². The summed E-state index contributed by atoms with van der Waals surface area (Å²) in [5.41, 5.74) is 1.29. The van der Waals surface area contributed by atoms with Crippen molar-refractivity contribution in [2.75, 3.05) is 6.54 Å². The van der Waals surface area contributed by atoms with Crippen molar-refractivity contribution in [3.63, 3.8) is 0 Å². The van der Waals surface area contributed by atoms with Gasteiger partial charge in [-0.2, -0.15) is 0 Å². The van der Waals surface area contributed by atoms with Crippen LogP contribution in [-0.2, 0) is 13.2 Å². The molecule has 21 heavy (non-hydrogen) atoms. The van der Waals surface area contributed by atoms with Gasteiger partial charge in [-0.25, -0.2) is 0 Å². The molecule has 0 spiro atoms. The molecule has 0 aliphatic rings. The number of benzene rings is 1. The maximum atomic E-state index is 5.89. The fraction of sp³-hybridized carbons (Fsp3) is 0.412. The average molecular weight is 415 g/mol. The van der Waals surface area contributed by atoms with Crippen molar-refractivity contribution in [1.82, 2.24) is 5.32 Å². The fourth-order valence-electron chi connectivity index (χ4n) is 2.02. The van der Waals surface area contributed by atoms with E-state index in [0.29, 0.717) is 12.5 Å². The molecule has 4 heteroatoms. The van der Waals surface area contributed by atoms with E-state index in [-0.39, 0.29) is 0 Å². The van der Waals surface area contributed by atoms with Crippen LogP contribution in [0.25, 0.3) is 0 Å². The summed E-state index contributed by atoms with van der Waals surface area (Å²) in [4.78, 5) is 2.73. The Bertz CT molecular complexity index is 580. The van der Waals surface area contributed by atoms with Crippen LogP contribution in [-0.4, -0.2) is 6.54 Å². The second kappa shape index (κ2) is 8.15. The van der Waals surface area contributed by atoms with E-state index in [9.17, 15) is 0 Å². The number of rotatable bonds is 7. The maximum Gasteiger partial charge on any atom is 0.120 e. The molecule has 0 aliphatic heterocycles. The highest BCUT2D eigenvalue weighted by molar-refractivity contribution is 14.1. The molecule has 0 aliphatic carbocycles. The first-order chi connectivity index (χ1) is 10.0. The van der Waals surface area contributed by atoms with Gasteiger partial charge in [-0.15, -0.1) is 11.3 Å². The molecule has 114 valence electrons. The summed E-state index contributed by atoms with van der Waals surface area (Å²) in [6, 6.07) is 10.4. The van der Waals surface area contributed by atoms with Gasteiger partial charge in [0, 0.05) is 25.4 Å². The number of hydrogen-bond donors (Lipinski definition) is 1. The SMILES string of the molecule is Cc1sc(CNCC(C)C)cc1COc1cccc(I)c1. The zero-order valence-corrected chi connectivity index (χ0v) is 15.8. The smallest absolute Gasteiger partial charge is 0.120 e. The topological polar surface area (TPSA) is 21.3 Å². The lowest BCUT2D eigenvalue weighted by Gasteiger charge is -2.06. The van der Waals surface area contributed by atoms with Gasteiger partial charge in [0.25, 0.3) is 0 Å². The van der Waals surface area contributed by atoms with Gasteiger partial charge in [-0.3, -0.25) is 0 Å². The minimum atomic E-state index is 0.645. The third-order valence-electron chi connectivity index (χ3n) is 3.11. The Morgan fingerprint density at radius 2 is 2.10 bits per heavy atom. The molecule has 0 saturated heterocycles. The first-order valence-corrected chi connectivity index (χ1v) is 9.11. The summed E-state index contributed by atoms with van der Waals surface area (Å²) < 4.78 is 7.09. The zero-order valence-electron chi connectivity index (χ0n) is 12.8. The van der Waals surface area contributed by atoms with Crippen LogP contribution in [0.4, 0.5) is 0 Å². The van der Waals surface area contributed by atoms with Gasteiger partial charge in [0.15, 0.2) is 0 Å². The third-order valence-corrected chi connectivity index (χ3v) is 4.88. The van der Waals surface area contributed by atoms with Crippen LogP contribution >= 0.6 is 33.9 Å². The predicted molar refractivity (Wildman–Crippen MR) is 99.1 cm³/mol. The summed E-state index contributed by atoms with van der Waals surface area (Å²) >= 11 is 4.17. The molecule has 0 unspecified atom stereocenters. The van der Waals surface area contributed by atoms with E-state index in [0.717, 1.165) is 18.8 Å². The molecular formula is C17H22INOS. The quantitative estimate of drug-likeness (QED) is 0.644. The van der Waals surface area contributed by atoms with Crippen LogP contribution < -0.4 is 10.1 Å². The number of thiophene rings is 1. The molecule has 1 N–H and O–H groups in total. The monoisotopic (exact) mass is 415 g/mol. The molecule has 0 radical (unpaired) electrons. The number of hydrogen-bond acceptors (Lipinski definition) is 3. The third kappa shape index (κ3) is 5.60. The highest BCUT2D eigenvalue weighted by Crippen LogP contribution is 2.24. The first-order valence-electron chi connectivity index (χ1n) is 7.22. The van der Waals surface area contributed by atoms with E-state index >= 15 is 0 Å². The van der Waals surface area contributed by atoms with E-state index < -0.39 is 0 Å². The Kier molecular flexibility index (Phi) is 6.51. The molecule has 0 fully saturated rings. The van der Waals surface area contributed by atoms with Crippen LogP contribution in [0.15, 0.2) is 30.3 Å². The van der Waals surface area contributed by atoms with Crippen molar-refractivity contribution in [1.29, 1.82) is 0 Å². The van der Waals surface area contributed by atoms with Gasteiger partial charge in [0.05, 0.1) is 0 Å². The van der Waals surface area contributed by atoms with Crippen molar-refractivity contribution in [3.8, 4) is 5.75 Å². The van der Waals surface area contributed by atoms with Gasteiger partial charge in [0.1, 0.15) is 12.4 Å². The lowest BCUT2D eigenvalue weighted by atomic mass is 10.2. The van der Waals surface area contributed by atoms with E-state index in [1.165, 1.54) is 18.9 Å². The van der Waals surface area contributed by atoms with Crippen LogP contribution in [0.2, 0.25) is 0 Å². The van der Waals surface area contributed by atoms with E-state index in [1.54, 1.807) is 0 Å². The Balaban J connectivity index is 1.90. The van der Waals surface area contributed by atoms with Gasteiger partial charge < -0.3 is 10.1 Å². The molecule has 0 atom stereocenters. The Hall–Kier alpha value is -0.590. The Labute approximate surface area is 145 Å². The number of aryl methyl sites for hydroxylation is 1. The standard InChI is InChI=1S/C17H22INOS/c1-12(2)9-19-10-17-7-14(13(3)21-17)11-20-16-6-4-5-15(18)8-16/h4-8,12,19H,9-11H2,1-3H3. The molecule has 0 amide bonds. The highest BCUT2D eigenvalue weighted by Gasteiger charge is 2.07. The van der Waals surface area contributed by atoms with Crippen LogP contribution in [0.1, 0.15) is 29.2 Å². The molecular weight excluding hydrogens is 393 g/mol. The van der Waals surface area contributed by atoms with E-state index in [4.69, 9.17) is 4.74 Å². The van der Waals surface area contributed by atoms with Crippen LogP contribution in [0.5, 0.6) is 5.75 Å². The van der Waals surface area contributed by atoms with Crippen LogP contribution in [0, 0.1) is 16.4 Å². The van der Waals surface area contributed by atoms with Gasteiger partial charge in [0.2, 0.25) is 0 Å². The second-order valence-corrected chi connectivity index (χ2v) is 8.15. The number of halogens is 1. The van der Waals surface area contributed by atoms with Crippen molar-refractivity contribution in [3.05, 3.63) is 49.2 Å². The van der Waals surface area contributed by atoms with Gasteiger partial charge in [-0.1, -0.05) is 19.9 Å². The average Bonchev–Trinajstić information content (AvgIpc) is 2.76. The van der Waals surface area contributed by atoms with Crippen molar-refractivity contribution in [2.45, 2.75) is 33.9 Å². The first kappa shape index (κ1) is 16.8. The van der Waals surface area contributed by atoms with Crippen molar-refractivity contribution >= 4 is 33.9 Å². The summed E-state index contributed by atoms with van der Waals surface area (Å²) in [5, 5.41) is 3.49. The van der Waals surface area contributed by atoms with Gasteiger partial charge >= 0.3 is 0 Å². The highest BCUT2D eigenvalue weighted by atomic mass is 127.